The van der Waals surface area contributed by atoms with Gasteiger partial charge in [0, 0.05) is 11.1 Å². The lowest BCUT2D eigenvalue weighted by Crippen LogP contribution is -2.01. The van der Waals surface area contributed by atoms with Crippen LogP contribution in [0.5, 0.6) is 0 Å². The largest absolute Gasteiger partial charge is 0.481 e. The van der Waals surface area contributed by atoms with Crippen LogP contribution in [0.2, 0.25) is 0 Å². The third-order valence-electron chi connectivity index (χ3n) is 3.64. The molecule has 0 saturated carbocycles. The van der Waals surface area contributed by atoms with Crippen molar-refractivity contribution in [2.45, 2.75) is 5.03 Å². The van der Waals surface area contributed by atoms with E-state index in [-0.39, 0.29) is 5.75 Å². The molecule has 0 aliphatic rings. The van der Waals surface area contributed by atoms with Gasteiger partial charge in [-0.15, -0.1) is 0 Å². The first kappa shape index (κ1) is 17.6. The van der Waals surface area contributed by atoms with Crippen LogP contribution in [0.25, 0.3) is 22.4 Å². The lowest BCUT2D eigenvalue weighted by molar-refractivity contribution is -0.133. The van der Waals surface area contributed by atoms with Crippen molar-refractivity contribution >= 4 is 17.7 Å². The summed E-state index contributed by atoms with van der Waals surface area (Å²) in [5, 5.41) is 18.9. The van der Waals surface area contributed by atoms with Gasteiger partial charge in [0.25, 0.3) is 0 Å². The van der Waals surface area contributed by atoms with Crippen molar-refractivity contribution in [2.75, 3.05) is 5.75 Å². The van der Waals surface area contributed by atoms with Crippen molar-refractivity contribution in [1.82, 2.24) is 4.98 Å². The highest BCUT2D eigenvalue weighted by molar-refractivity contribution is 7.99. The highest BCUT2D eigenvalue weighted by Gasteiger charge is 2.16. The van der Waals surface area contributed by atoms with E-state index in [9.17, 15) is 14.4 Å². The molecule has 1 aromatic heterocycles. The first-order chi connectivity index (χ1) is 12.6. The number of halogens is 1. The zero-order valence-electron chi connectivity index (χ0n) is 13.5. The minimum Gasteiger partial charge on any atom is -0.481 e. The SMILES string of the molecule is N#Cc1c(-c2ccccc2)cc(-c2cccc(F)c2)nc1SCC(=O)O. The maximum atomic E-state index is 13.6. The first-order valence-electron chi connectivity index (χ1n) is 7.69. The molecule has 0 fully saturated rings. The Labute approximate surface area is 153 Å². The second kappa shape index (κ2) is 7.81. The van der Waals surface area contributed by atoms with Gasteiger partial charge in [-0.25, -0.2) is 9.37 Å². The number of carbonyl (C=O) groups is 1. The van der Waals surface area contributed by atoms with E-state index in [1.54, 1.807) is 18.2 Å². The molecule has 4 nitrogen and oxygen atoms in total. The summed E-state index contributed by atoms with van der Waals surface area (Å²) in [5.41, 5.74) is 2.79. The second-order valence-corrected chi connectivity index (χ2v) is 6.37. The average molecular weight is 364 g/mol. The van der Waals surface area contributed by atoms with Crippen molar-refractivity contribution < 1.29 is 14.3 Å². The Bertz CT molecular complexity index is 1000. The molecule has 0 saturated heterocycles. The predicted octanol–water partition coefficient (Wildman–Crippen LogP) is 4.60. The molecule has 0 spiro atoms. The van der Waals surface area contributed by atoms with Gasteiger partial charge in [0.1, 0.15) is 16.9 Å². The van der Waals surface area contributed by atoms with Crippen LogP contribution in [0.1, 0.15) is 5.56 Å². The number of carboxylic acid groups (broad SMARTS) is 1. The number of hydrogen-bond donors (Lipinski definition) is 1. The van der Waals surface area contributed by atoms with Gasteiger partial charge in [-0.05, 0) is 23.8 Å². The maximum absolute atomic E-state index is 13.6. The summed E-state index contributed by atoms with van der Waals surface area (Å²) >= 11 is 0.975. The molecule has 0 atom stereocenters. The number of pyridine rings is 1. The number of aromatic nitrogens is 1. The molecule has 0 bridgehead atoms. The summed E-state index contributed by atoms with van der Waals surface area (Å²) in [6, 6.07) is 19.1. The van der Waals surface area contributed by atoms with Crippen LogP contribution >= 0.6 is 11.8 Å². The van der Waals surface area contributed by atoms with E-state index >= 15 is 0 Å². The molecule has 6 heteroatoms. The molecule has 26 heavy (non-hydrogen) atoms. The Morgan fingerprint density at radius 2 is 1.85 bits per heavy atom. The van der Waals surface area contributed by atoms with E-state index in [2.05, 4.69) is 11.1 Å². The molecular weight excluding hydrogens is 351 g/mol. The van der Waals surface area contributed by atoms with Crippen LogP contribution in [-0.4, -0.2) is 21.8 Å². The number of carboxylic acids is 1. The lowest BCUT2D eigenvalue weighted by atomic mass is 9.99. The third-order valence-corrected chi connectivity index (χ3v) is 4.60. The van der Waals surface area contributed by atoms with Crippen LogP contribution in [0.3, 0.4) is 0 Å². The lowest BCUT2D eigenvalue weighted by Gasteiger charge is -2.12. The van der Waals surface area contributed by atoms with Crippen LogP contribution in [0.4, 0.5) is 4.39 Å². The van der Waals surface area contributed by atoms with Crippen molar-refractivity contribution in [3.8, 4) is 28.5 Å². The molecule has 0 amide bonds. The monoisotopic (exact) mass is 364 g/mol. The average Bonchev–Trinajstić information content (AvgIpc) is 2.66. The van der Waals surface area contributed by atoms with E-state index in [4.69, 9.17) is 5.11 Å². The van der Waals surface area contributed by atoms with Gasteiger partial charge in [0.2, 0.25) is 0 Å². The van der Waals surface area contributed by atoms with E-state index < -0.39 is 11.8 Å². The van der Waals surface area contributed by atoms with Crippen molar-refractivity contribution in [3.05, 3.63) is 72.0 Å². The number of nitriles is 1. The Balaban J connectivity index is 2.21. The van der Waals surface area contributed by atoms with Crippen LogP contribution < -0.4 is 0 Å². The standard InChI is InChI=1S/C20H13FN2O2S/c21-15-8-4-7-14(9-15)18-10-16(13-5-2-1-3-6-13)17(11-22)20(23-18)26-12-19(24)25/h1-10H,12H2,(H,24,25). The molecule has 3 rings (SSSR count). The number of benzene rings is 2. The number of nitrogens with zero attached hydrogens (tertiary/aromatic N) is 2. The molecule has 0 unspecified atom stereocenters. The van der Waals surface area contributed by atoms with Gasteiger partial charge >= 0.3 is 5.97 Å². The predicted molar refractivity (Wildman–Crippen MR) is 98.1 cm³/mol. The number of aliphatic carboxylic acids is 1. The highest BCUT2D eigenvalue weighted by Crippen LogP contribution is 2.34. The molecular formula is C20H13FN2O2S. The van der Waals surface area contributed by atoms with E-state index in [1.807, 2.05) is 30.3 Å². The molecule has 0 aliphatic carbocycles. The summed E-state index contributed by atoms with van der Waals surface area (Å²) < 4.78 is 13.6. The fourth-order valence-electron chi connectivity index (χ4n) is 2.51. The topological polar surface area (TPSA) is 74.0 Å². The van der Waals surface area contributed by atoms with Crippen LogP contribution in [0, 0.1) is 17.1 Å². The van der Waals surface area contributed by atoms with Gasteiger partial charge in [-0.1, -0.05) is 54.2 Å². The van der Waals surface area contributed by atoms with Gasteiger partial charge in [0.15, 0.2) is 0 Å². The second-order valence-electron chi connectivity index (χ2n) is 5.41. The summed E-state index contributed by atoms with van der Waals surface area (Å²) in [4.78, 5) is 15.4. The summed E-state index contributed by atoms with van der Waals surface area (Å²) in [6.07, 6.45) is 0. The Morgan fingerprint density at radius 3 is 2.50 bits per heavy atom. The molecule has 2 aromatic carbocycles. The fraction of sp³-hybridized carbons (Fsp3) is 0.0500. The van der Waals surface area contributed by atoms with Gasteiger partial charge in [-0.2, -0.15) is 5.26 Å². The molecule has 0 radical (unpaired) electrons. The summed E-state index contributed by atoms with van der Waals surface area (Å²) in [7, 11) is 0. The number of thioether (sulfide) groups is 1. The Kier molecular flexibility index (Phi) is 5.30. The van der Waals surface area contributed by atoms with Crippen molar-refractivity contribution in [2.24, 2.45) is 0 Å². The maximum Gasteiger partial charge on any atom is 0.313 e. The van der Waals surface area contributed by atoms with E-state index in [0.717, 1.165) is 17.3 Å². The normalized spacial score (nSPS) is 10.3. The molecule has 0 aliphatic heterocycles. The Hall–Kier alpha value is -3.17. The van der Waals surface area contributed by atoms with Gasteiger partial charge < -0.3 is 5.11 Å². The summed E-state index contributed by atoms with van der Waals surface area (Å²) in [6.45, 7) is 0. The Morgan fingerprint density at radius 1 is 1.12 bits per heavy atom. The van der Waals surface area contributed by atoms with Gasteiger partial charge in [-0.3, -0.25) is 4.79 Å². The van der Waals surface area contributed by atoms with E-state index in [0.29, 0.717) is 27.4 Å². The quantitative estimate of drug-likeness (QED) is 0.670. The minimum absolute atomic E-state index is 0.220. The first-order valence-corrected chi connectivity index (χ1v) is 8.68. The zero-order valence-corrected chi connectivity index (χ0v) is 14.3. The van der Waals surface area contributed by atoms with Crippen LogP contribution in [-0.2, 0) is 4.79 Å². The number of hydrogen-bond acceptors (Lipinski definition) is 4. The van der Waals surface area contributed by atoms with Crippen molar-refractivity contribution in [1.29, 1.82) is 5.26 Å². The fourth-order valence-corrected chi connectivity index (χ4v) is 3.23. The van der Waals surface area contributed by atoms with Gasteiger partial charge in [0.05, 0.1) is 17.0 Å². The molecule has 128 valence electrons. The van der Waals surface area contributed by atoms with Crippen LogP contribution in [0.15, 0.2) is 65.7 Å². The molecule has 1 heterocycles. The molecule has 1 N–H and O–H groups in total. The smallest absolute Gasteiger partial charge is 0.313 e. The minimum atomic E-state index is -1.00. The molecule has 3 aromatic rings. The number of rotatable bonds is 5. The van der Waals surface area contributed by atoms with Crippen molar-refractivity contribution in [3.63, 3.8) is 0 Å². The third kappa shape index (κ3) is 3.90. The van der Waals surface area contributed by atoms with E-state index in [1.165, 1.54) is 12.1 Å². The summed E-state index contributed by atoms with van der Waals surface area (Å²) in [5.74, 6) is -1.62. The highest BCUT2D eigenvalue weighted by atomic mass is 32.2. The zero-order chi connectivity index (χ0) is 18.5.